The molecule has 0 saturated heterocycles. The summed E-state index contributed by atoms with van der Waals surface area (Å²) >= 11 is 0. The SMILES string of the molecule is Cc1cc([C@@H](C)N)ccc1OCCc1ccccn1. The van der Waals surface area contributed by atoms with Crippen molar-refractivity contribution in [2.45, 2.75) is 26.3 Å². The second-order valence-electron chi connectivity index (χ2n) is 4.73. The molecule has 0 bridgehead atoms. The number of pyridine rings is 1. The van der Waals surface area contributed by atoms with Gasteiger partial charge < -0.3 is 10.5 Å². The van der Waals surface area contributed by atoms with E-state index in [-0.39, 0.29) is 6.04 Å². The van der Waals surface area contributed by atoms with E-state index in [1.54, 1.807) is 6.20 Å². The molecule has 1 heterocycles. The van der Waals surface area contributed by atoms with Gasteiger partial charge in [-0.05, 0) is 43.2 Å². The lowest BCUT2D eigenvalue weighted by Gasteiger charge is -2.12. The summed E-state index contributed by atoms with van der Waals surface area (Å²) in [6, 6.07) is 12.1. The Morgan fingerprint density at radius 1 is 1.26 bits per heavy atom. The van der Waals surface area contributed by atoms with Crippen LogP contribution in [0.2, 0.25) is 0 Å². The molecule has 2 rings (SSSR count). The Kier molecular flexibility index (Phi) is 4.53. The van der Waals surface area contributed by atoms with E-state index in [4.69, 9.17) is 10.5 Å². The molecule has 0 spiro atoms. The molecule has 1 aromatic carbocycles. The number of aromatic nitrogens is 1. The molecular formula is C16H20N2O. The van der Waals surface area contributed by atoms with Gasteiger partial charge in [-0.2, -0.15) is 0 Å². The number of ether oxygens (including phenoxy) is 1. The second-order valence-corrected chi connectivity index (χ2v) is 4.73. The predicted octanol–water partition coefficient (Wildman–Crippen LogP) is 3.03. The van der Waals surface area contributed by atoms with Gasteiger partial charge in [0.1, 0.15) is 5.75 Å². The average molecular weight is 256 g/mol. The highest BCUT2D eigenvalue weighted by atomic mass is 16.5. The van der Waals surface area contributed by atoms with Gasteiger partial charge in [0.2, 0.25) is 0 Å². The first-order valence-corrected chi connectivity index (χ1v) is 6.55. The number of benzene rings is 1. The second kappa shape index (κ2) is 6.34. The smallest absolute Gasteiger partial charge is 0.122 e. The summed E-state index contributed by atoms with van der Waals surface area (Å²) in [7, 11) is 0. The Morgan fingerprint density at radius 3 is 2.74 bits per heavy atom. The van der Waals surface area contributed by atoms with Crippen LogP contribution < -0.4 is 10.5 Å². The molecule has 0 aliphatic rings. The van der Waals surface area contributed by atoms with Crippen LogP contribution in [0.15, 0.2) is 42.6 Å². The van der Waals surface area contributed by atoms with Crippen LogP contribution in [0.1, 0.15) is 29.8 Å². The number of nitrogens with two attached hydrogens (primary N) is 1. The van der Waals surface area contributed by atoms with E-state index in [0.717, 1.165) is 29.0 Å². The highest BCUT2D eigenvalue weighted by Gasteiger charge is 2.04. The highest BCUT2D eigenvalue weighted by Crippen LogP contribution is 2.21. The number of aryl methyl sites for hydroxylation is 1. The van der Waals surface area contributed by atoms with E-state index in [2.05, 4.69) is 11.1 Å². The van der Waals surface area contributed by atoms with Crippen molar-refractivity contribution in [3.63, 3.8) is 0 Å². The maximum absolute atomic E-state index is 5.86. The topological polar surface area (TPSA) is 48.1 Å². The number of hydrogen-bond donors (Lipinski definition) is 1. The van der Waals surface area contributed by atoms with Crippen LogP contribution in [-0.2, 0) is 6.42 Å². The Balaban J connectivity index is 1.93. The van der Waals surface area contributed by atoms with Crippen molar-refractivity contribution in [1.29, 1.82) is 0 Å². The maximum atomic E-state index is 5.86. The molecular weight excluding hydrogens is 236 g/mol. The molecule has 2 N–H and O–H groups in total. The van der Waals surface area contributed by atoms with Crippen molar-refractivity contribution < 1.29 is 4.74 Å². The fourth-order valence-corrected chi connectivity index (χ4v) is 1.93. The van der Waals surface area contributed by atoms with Crippen LogP contribution in [-0.4, -0.2) is 11.6 Å². The van der Waals surface area contributed by atoms with E-state index < -0.39 is 0 Å². The Labute approximate surface area is 114 Å². The van der Waals surface area contributed by atoms with Gasteiger partial charge in [0, 0.05) is 24.4 Å². The van der Waals surface area contributed by atoms with Crippen molar-refractivity contribution in [2.24, 2.45) is 5.73 Å². The van der Waals surface area contributed by atoms with Gasteiger partial charge in [0.05, 0.1) is 6.61 Å². The summed E-state index contributed by atoms with van der Waals surface area (Å²) in [4.78, 5) is 4.27. The van der Waals surface area contributed by atoms with E-state index in [1.165, 1.54) is 0 Å². The molecule has 0 aliphatic heterocycles. The first-order valence-electron chi connectivity index (χ1n) is 6.55. The molecule has 1 atom stereocenters. The Bertz CT molecular complexity index is 524. The van der Waals surface area contributed by atoms with Gasteiger partial charge in [-0.15, -0.1) is 0 Å². The fraction of sp³-hybridized carbons (Fsp3) is 0.312. The Morgan fingerprint density at radius 2 is 2.11 bits per heavy atom. The van der Waals surface area contributed by atoms with Crippen LogP contribution in [0.5, 0.6) is 5.75 Å². The third-order valence-electron chi connectivity index (χ3n) is 3.07. The summed E-state index contributed by atoms with van der Waals surface area (Å²) in [6.07, 6.45) is 2.62. The number of hydrogen-bond acceptors (Lipinski definition) is 3. The van der Waals surface area contributed by atoms with Crippen LogP contribution in [0.3, 0.4) is 0 Å². The molecule has 2 aromatic rings. The summed E-state index contributed by atoms with van der Waals surface area (Å²) in [5, 5.41) is 0. The van der Waals surface area contributed by atoms with Gasteiger partial charge in [-0.1, -0.05) is 18.2 Å². The van der Waals surface area contributed by atoms with Crippen molar-refractivity contribution in [1.82, 2.24) is 4.98 Å². The van der Waals surface area contributed by atoms with Gasteiger partial charge in [-0.25, -0.2) is 0 Å². The molecule has 0 amide bonds. The van der Waals surface area contributed by atoms with Crippen LogP contribution >= 0.6 is 0 Å². The highest BCUT2D eigenvalue weighted by molar-refractivity contribution is 5.37. The van der Waals surface area contributed by atoms with Crippen LogP contribution in [0.4, 0.5) is 0 Å². The van der Waals surface area contributed by atoms with Crippen LogP contribution in [0.25, 0.3) is 0 Å². The lowest BCUT2D eigenvalue weighted by Crippen LogP contribution is -2.07. The lowest BCUT2D eigenvalue weighted by molar-refractivity contribution is 0.318. The standard InChI is InChI=1S/C16H20N2O/c1-12-11-14(13(2)17)6-7-16(12)19-10-8-15-5-3-4-9-18-15/h3-7,9,11,13H,8,10,17H2,1-2H3/t13-/m1/s1. The number of rotatable bonds is 5. The normalized spacial score (nSPS) is 12.2. The molecule has 0 saturated carbocycles. The molecule has 0 fully saturated rings. The molecule has 1 aromatic heterocycles. The first-order chi connectivity index (χ1) is 9.16. The van der Waals surface area contributed by atoms with Crippen molar-refractivity contribution >= 4 is 0 Å². The van der Waals surface area contributed by atoms with E-state index >= 15 is 0 Å². The summed E-state index contributed by atoms with van der Waals surface area (Å²) in [6.45, 7) is 4.66. The van der Waals surface area contributed by atoms with Crippen molar-refractivity contribution in [3.05, 3.63) is 59.4 Å². The van der Waals surface area contributed by atoms with E-state index in [9.17, 15) is 0 Å². The van der Waals surface area contributed by atoms with Gasteiger partial charge >= 0.3 is 0 Å². The zero-order valence-electron chi connectivity index (χ0n) is 11.5. The predicted molar refractivity (Wildman–Crippen MR) is 77.2 cm³/mol. The third kappa shape index (κ3) is 3.80. The van der Waals surface area contributed by atoms with Crippen molar-refractivity contribution in [2.75, 3.05) is 6.61 Å². The molecule has 19 heavy (non-hydrogen) atoms. The molecule has 100 valence electrons. The maximum Gasteiger partial charge on any atom is 0.122 e. The summed E-state index contributed by atoms with van der Waals surface area (Å²) in [5.41, 5.74) is 9.16. The Hall–Kier alpha value is -1.87. The molecule has 0 radical (unpaired) electrons. The van der Waals surface area contributed by atoms with Crippen molar-refractivity contribution in [3.8, 4) is 5.75 Å². The average Bonchev–Trinajstić information content (AvgIpc) is 2.41. The van der Waals surface area contributed by atoms with Gasteiger partial charge in [-0.3, -0.25) is 4.98 Å². The van der Waals surface area contributed by atoms with Gasteiger partial charge in [0.25, 0.3) is 0 Å². The molecule has 0 unspecified atom stereocenters. The zero-order valence-corrected chi connectivity index (χ0v) is 11.5. The minimum absolute atomic E-state index is 0.0567. The number of nitrogens with zero attached hydrogens (tertiary/aromatic N) is 1. The monoisotopic (exact) mass is 256 g/mol. The first kappa shape index (κ1) is 13.6. The van der Waals surface area contributed by atoms with Gasteiger partial charge in [0.15, 0.2) is 0 Å². The quantitative estimate of drug-likeness (QED) is 0.894. The van der Waals surface area contributed by atoms with Crippen LogP contribution in [0, 0.1) is 6.92 Å². The van der Waals surface area contributed by atoms with E-state index in [0.29, 0.717) is 6.61 Å². The molecule has 3 heteroatoms. The summed E-state index contributed by atoms with van der Waals surface area (Å²) in [5.74, 6) is 0.917. The lowest BCUT2D eigenvalue weighted by atomic mass is 10.1. The minimum atomic E-state index is 0.0567. The fourth-order valence-electron chi connectivity index (χ4n) is 1.93. The largest absolute Gasteiger partial charge is 0.493 e. The third-order valence-corrected chi connectivity index (χ3v) is 3.07. The molecule has 0 aliphatic carbocycles. The summed E-state index contributed by atoms with van der Waals surface area (Å²) < 4.78 is 5.79. The zero-order chi connectivity index (χ0) is 13.7. The minimum Gasteiger partial charge on any atom is -0.493 e. The molecule has 3 nitrogen and oxygen atoms in total. The van der Waals surface area contributed by atoms with E-state index in [1.807, 2.05) is 44.2 Å².